The first-order valence-corrected chi connectivity index (χ1v) is 10.2. The van der Waals surface area contributed by atoms with Crippen LogP contribution >= 0.6 is 22.7 Å². The van der Waals surface area contributed by atoms with E-state index in [1.165, 1.54) is 37.8 Å². The number of carbonyl (C=O) groups excluding carboxylic acids is 1. The molecule has 1 saturated carbocycles. The van der Waals surface area contributed by atoms with Gasteiger partial charge in [-0.1, -0.05) is 19.3 Å². The summed E-state index contributed by atoms with van der Waals surface area (Å²) in [6.07, 6.45) is 10.5. The van der Waals surface area contributed by atoms with Crippen molar-refractivity contribution in [3.8, 4) is 0 Å². The highest BCUT2D eigenvalue weighted by Crippen LogP contribution is 2.33. The van der Waals surface area contributed by atoms with Crippen molar-refractivity contribution in [3.05, 3.63) is 32.7 Å². The van der Waals surface area contributed by atoms with Crippen molar-refractivity contribution in [2.75, 3.05) is 6.54 Å². The predicted octanol–water partition coefficient (Wildman–Crippen LogP) is 3.94. The lowest BCUT2D eigenvalue weighted by molar-refractivity contribution is -0.121. The number of aryl methyl sites for hydroxylation is 1. The van der Waals surface area contributed by atoms with E-state index >= 15 is 0 Å². The fraction of sp³-hybridized carbons (Fsp3) is 0.588. The molecule has 1 aliphatic carbocycles. The summed E-state index contributed by atoms with van der Waals surface area (Å²) in [5, 5.41) is 9.32. The average Bonchev–Trinajstić information content (AvgIpc) is 3.26. The monoisotopic (exact) mass is 349 g/mol. The number of thiazole rings is 2. The van der Waals surface area contributed by atoms with Crippen LogP contribution in [0, 0.1) is 0 Å². The third kappa shape index (κ3) is 5.11. The number of hydrogen-bond acceptors (Lipinski definition) is 5. The minimum absolute atomic E-state index is 0.101. The van der Waals surface area contributed by atoms with Gasteiger partial charge in [0.25, 0.3) is 0 Å². The quantitative estimate of drug-likeness (QED) is 0.824. The van der Waals surface area contributed by atoms with E-state index in [1.807, 2.05) is 5.38 Å². The summed E-state index contributed by atoms with van der Waals surface area (Å²) >= 11 is 3.34. The normalized spacial score (nSPS) is 15.7. The van der Waals surface area contributed by atoms with Gasteiger partial charge >= 0.3 is 0 Å². The molecule has 0 unspecified atom stereocenters. The zero-order chi connectivity index (χ0) is 15.9. The van der Waals surface area contributed by atoms with Crippen molar-refractivity contribution in [1.82, 2.24) is 15.3 Å². The van der Waals surface area contributed by atoms with E-state index in [1.54, 1.807) is 28.9 Å². The van der Waals surface area contributed by atoms with Crippen molar-refractivity contribution in [1.29, 1.82) is 0 Å². The summed E-state index contributed by atoms with van der Waals surface area (Å²) in [6.45, 7) is 0.675. The fourth-order valence-electron chi connectivity index (χ4n) is 3.02. The van der Waals surface area contributed by atoms with Gasteiger partial charge < -0.3 is 5.32 Å². The first-order valence-electron chi connectivity index (χ1n) is 8.40. The Bertz CT molecular complexity index is 603. The molecule has 1 fully saturated rings. The lowest BCUT2D eigenvalue weighted by Gasteiger charge is -2.19. The first-order chi connectivity index (χ1) is 11.3. The highest BCUT2D eigenvalue weighted by molar-refractivity contribution is 7.09. The number of rotatable bonds is 7. The van der Waals surface area contributed by atoms with E-state index in [4.69, 9.17) is 4.98 Å². The Morgan fingerprint density at radius 3 is 2.83 bits per heavy atom. The number of nitrogens with one attached hydrogen (secondary N) is 1. The molecular weight excluding hydrogens is 326 g/mol. The van der Waals surface area contributed by atoms with Crippen LogP contribution in [0.25, 0.3) is 0 Å². The maximum Gasteiger partial charge on any atom is 0.220 e. The molecular formula is C17H23N3OS2. The number of hydrogen-bond donors (Lipinski definition) is 1. The van der Waals surface area contributed by atoms with Crippen molar-refractivity contribution >= 4 is 28.6 Å². The topological polar surface area (TPSA) is 54.9 Å². The minimum atomic E-state index is 0.101. The molecule has 6 heteroatoms. The van der Waals surface area contributed by atoms with Crippen molar-refractivity contribution in [2.45, 2.75) is 57.3 Å². The van der Waals surface area contributed by atoms with Gasteiger partial charge in [-0.05, 0) is 12.8 Å². The summed E-state index contributed by atoms with van der Waals surface area (Å²) in [7, 11) is 0. The first kappa shape index (κ1) is 16.6. The maximum absolute atomic E-state index is 11.8. The van der Waals surface area contributed by atoms with Gasteiger partial charge in [-0.25, -0.2) is 9.97 Å². The van der Waals surface area contributed by atoms with Crippen LogP contribution in [-0.2, 0) is 17.6 Å². The lowest BCUT2D eigenvalue weighted by Crippen LogP contribution is -2.25. The van der Waals surface area contributed by atoms with Gasteiger partial charge in [0.15, 0.2) is 0 Å². The van der Waals surface area contributed by atoms with Gasteiger partial charge in [0, 0.05) is 48.7 Å². The number of amides is 1. The van der Waals surface area contributed by atoms with Crippen LogP contribution in [0.2, 0.25) is 0 Å². The predicted molar refractivity (Wildman–Crippen MR) is 95.1 cm³/mol. The van der Waals surface area contributed by atoms with E-state index in [2.05, 4.69) is 15.7 Å². The molecule has 0 spiro atoms. The molecule has 1 amide bonds. The van der Waals surface area contributed by atoms with E-state index < -0.39 is 0 Å². The van der Waals surface area contributed by atoms with Gasteiger partial charge in [0.2, 0.25) is 5.91 Å². The fourth-order valence-corrected chi connectivity index (χ4v) is 4.52. The molecule has 124 valence electrons. The van der Waals surface area contributed by atoms with Crippen molar-refractivity contribution in [3.63, 3.8) is 0 Å². The SMILES string of the molecule is O=C(CCc1nccs1)NCCc1nc(C2CCCCC2)cs1. The Labute approximate surface area is 145 Å². The summed E-state index contributed by atoms with van der Waals surface area (Å²) in [6, 6.07) is 0. The van der Waals surface area contributed by atoms with E-state index in [9.17, 15) is 4.79 Å². The van der Waals surface area contributed by atoms with Gasteiger partial charge in [-0.2, -0.15) is 0 Å². The van der Waals surface area contributed by atoms with Crippen molar-refractivity contribution in [2.24, 2.45) is 0 Å². The molecule has 0 bridgehead atoms. The van der Waals surface area contributed by atoms with E-state index in [0.717, 1.165) is 22.9 Å². The molecule has 4 nitrogen and oxygen atoms in total. The lowest BCUT2D eigenvalue weighted by atomic mass is 9.87. The van der Waals surface area contributed by atoms with Crippen LogP contribution < -0.4 is 5.32 Å². The zero-order valence-electron chi connectivity index (χ0n) is 13.3. The Hall–Kier alpha value is -1.27. The molecule has 23 heavy (non-hydrogen) atoms. The zero-order valence-corrected chi connectivity index (χ0v) is 14.9. The third-order valence-electron chi connectivity index (χ3n) is 4.30. The molecule has 0 atom stereocenters. The highest BCUT2D eigenvalue weighted by Gasteiger charge is 2.18. The standard InChI is InChI=1S/C17H23N3OS2/c21-15(6-7-16-19-10-11-22-16)18-9-8-17-20-14(12-23-17)13-4-2-1-3-5-13/h10-13H,1-9H2,(H,18,21). The largest absolute Gasteiger partial charge is 0.356 e. The molecule has 0 aromatic carbocycles. The summed E-state index contributed by atoms with van der Waals surface area (Å²) in [5.74, 6) is 0.769. The van der Waals surface area contributed by atoms with E-state index in [-0.39, 0.29) is 5.91 Å². The Morgan fingerprint density at radius 1 is 1.17 bits per heavy atom. The van der Waals surface area contributed by atoms with Gasteiger partial charge in [0.1, 0.15) is 0 Å². The van der Waals surface area contributed by atoms with Crippen LogP contribution in [0.15, 0.2) is 17.0 Å². The highest BCUT2D eigenvalue weighted by atomic mass is 32.1. The summed E-state index contributed by atoms with van der Waals surface area (Å²) < 4.78 is 0. The van der Waals surface area contributed by atoms with Crippen LogP contribution in [-0.4, -0.2) is 22.4 Å². The Balaban J connectivity index is 1.37. The molecule has 3 rings (SSSR count). The smallest absolute Gasteiger partial charge is 0.220 e. The van der Waals surface area contributed by atoms with Crippen molar-refractivity contribution < 1.29 is 4.79 Å². The number of nitrogens with zero attached hydrogens (tertiary/aromatic N) is 2. The van der Waals surface area contributed by atoms with E-state index in [0.29, 0.717) is 18.9 Å². The molecule has 2 heterocycles. The van der Waals surface area contributed by atoms with Gasteiger partial charge in [-0.3, -0.25) is 4.79 Å². The van der Waals surface area contributed by atoms with Crippen LogP contribution in [0.3, 0.4) is 0 Å². The second kappa shape index (κ2) is 8.55. The Kier molecular flexibility index (Phi) is 6.16. The second-order valence-corrected chi connectivity index (χ2v) is 7.95. The molecule has 0 saturated heterocycles. The third-order valence-corrected chi connectivity index (χ3v) is 6.07. The van der Waals surface area contributed by atoms with Crippen LogP contribution in [0.4, 0.5) is 0 Å². The Morgan fingerprint density at radius 2 is 2.04 bits per heavy atom. The summed E-state index contributed by atoms with van der Waals surface area (Å²) in [5.41, 5.74) is 1.28. The molecule has 0 radical (unpaired) electrons. The second-order valence-electron chi connectivity index (χ2n) is 6.03. The van der Waals surface area contributed by atoms with Crippen LogP contribution in [0.5, 0.6) is 0 Å². The summed E-state index contributed by atoms with van der Waals surface area (Å²) in [4.78, 5) is 20.8. The molecule has 1 N–H and O–H groups in total. The van der Waals surface area contributed by atoms with Gasteiger partial charge in [0.05, 0.1) is 15.7 Å². The van der Waals surface area contributed by atoms with Crippen LogP contribution in [0.1, 0.15) is 60.2 Å². The molecule has 2 aromatic rings. The minimum Gasteiger partial charge on any atom is -0.356 e. The number of aromatic nitrogens is 2. The average molecular weight is 350 g/mol. The number of carbonyl (C=O) groups is 1. The van der Waals surface area contributed by atoms with Gasteiger partial charge in [-0.15, -0.1) is 22.7 Å². The molecule has 2 aromatic heterocycles. The molecule has 1 aliphatic rings. The molecule has 0 aliphatic heterocycles. The maximum atomic E-state index is 11.8.